The number of ether oxygens (including phenoxy) is 3. The molecule has 0 aliphatic heterocycles. The molecule has 1 aromatic rings. The topological polar surface area (TPSA) is 83.7 Å². The first-order chi connectivity index (χ1) is 8.67. The minimum atomic E-state index is -0.534. The van der Waals surface area contributed by atoms with Crippen molar-refractivity contribution in [3.63, 3.8) is 0 Å². The number of thiazole rings is 1. The van der Waals surface area contributed by atoms with Crippen LogP contribution in [0.5, 0.6) is 5.19 Å². The van der Waals surface area contributed by atoms with E-state index in [1.54, 1.807) is 20.2 Å². The van der Waals surface area contributed by atoms with E-state index in [0.29, 0.717) is 25.0 Å². The first-order valence-corrected chi connectivity index (χ1v) is 6.21. The summed E-state index contributed by atoms with van der Waals surface area (Å²) in [5.41, 5.74) is 5.62. The number of carbonyl (C=O) groups excluding carboxylic acids is 1. The zero-order valence-electron chi connectivity index (χ0n) is 10.3. The molecule has 0 amide bonds. The van der Waals surface area contributed by atoms with Gasteiger partial charge in [0.25, 0.3) is 5.19 Å². The summed E-state index contributed by atoms with van der Waals surface area (Å²) in [6.07, 6.45) is 3.09. The number of nitrogens with zero attached hydrogens (tertiary/aromatic N) is 1. The van der Waals surface area contributed by atoms with E-state index < -0.39 is 5.97 Å². The summed E-state index contributed by atoms with van der Waals surface area (Å²) in [4.78, 5) is 16.1. The molecule has 0 aliphatic carbocycles. The number of rotatable bonds is 7. The van der Waals surface area contributed by atoms with Gasteiger partial charge in [-0.2, -0.15) is 0 Å². The molecule has 1 rings (SSSR count). The summed E-state index contributed by atoms with van der Waals surface area (Å²) in [6, 6.07) is 0. The summed E-state index contributed by atoms with van der Waals surface area (Å²) in [7, 11) is 1.60. The quantitative estimate of drug-likeness (QED) is 0.453. The minimum absolute atomic E-state index is 0.0453. The number of hydrogen-bond donors (Lipinski definition) is 1. The Morgan fingerprint density at radius 3 is 3.00 bits per heavy atom. The number of hydrogen-bond acceptors (Lipinski definition) is 7. The normalized spacial score (nSPS) is 11.3. The molecule has 7 heteroatoms. The summed E-state index contributed by atoms with van der Waals surface area (Å²) in [5, 5.41) is 0.509. The fourth-order valence-corrected chi connectivity index (χ4v) is 1.78. The molecule has 1 heterocycles. The SMILES string of the molecule is CCOC(=O)/C(N)=C/c1cnc(OCCOC)s1. The van der Waals surface area contributed by atoms with Gasteiger partial charge in [0.1, 0.15) is 12.3 Å². The van der Waals surface area contributed by atoms with E-state index in [2.05, 4.69) is 4.98 Å². The Balaban J connectivity index is 2.57. The van der Waals surface area contributed by atoms with E-state index in [9.17, 15) is 4.79 Å². The Bertz CT molecular complexity index is 417. The molecule has 0 spiro atoms. The van der Waals surface area contributed by atoms with Crippen LogP contribution in [-0.2, 0) is 14.3 Å². The van der Waals surface area contributed by atoms with E-state index in [-0.39, 0.29) is 5.70 Å². The van der Waals surface area contributed by atoms with Gasteiger partial charge in [-0.3, -0.25) is 0 Å². The Kier molecular flexibility index (Phi) is 6.16. The fourth-order valence-electron chi connectivity index (χ4n) is 1.04. The zero-order valence-corrected chi connectivity index (χ0v) is 11.2. The summed E-state index contributed by atoms with van der Waals surface area (Å²) in [5.74, 6) is -0.534. The Labute approximate surface area is 109 Å². The van der Waals surface area contributed by atoms with Gasteiger partial charge < -0.3 is 19.9 Å². The third kappa shape index (κ3) is 4.72. The number of nitrogens with two attached hydrogens (primary N) is 1. The van der Waals surface area contributed by atoms with Gasteiger partial charge in [-0.15, -0.1) is 0 Å². The van der Waals surface area contributed by atoms with Crippen LogP contribution in [-0.4, -0.2) is 37.9 Å². The van der Waals surface area contributed by atoms with E-state index in [0.717, 1.165) is 4.88 Å². The van der Waals surface area contributed by atoms with Gasteiger partial charge in [0.2, 0.25) is 0 Å². The predicted molar refractivity (Wildman–Crippen MR) is 68.3 cm³/mol. The van der Waals surface area contributed by atoms with Crippen molar-refractivity contribution in [2.24, 2.45) is 5.73 Å². The lowest BCUT2D eigenvalue weighted by molar-refractivity contribution is -0.138. The molecule has 0 saturated carbocycles. The van der Waals surface area contributed by atoms with Crippen LogP contribution in [0.1, 0.15) is 11.8 Å². The van der Waals surface area contributed by atoms with Crippen molar-refractivity contribution in [3.8, 4) is 5.19 Å². The van der Waals surface area contributed by atoms with Gasteiger partial charge in [-0.1, -0.05) is 11.3 Å². The highest BCUT2D eigenvalue weighted by Crippen LogP contribution is 2.22. The molecule has 1 aromatic heterocycles. The van der Waals surface area contributed by atoms with Gasteiger partial charge in [0, 0.05) is 13.3 Å². The van der Waals surface area contributed by atoms with E-state index in [1.807, 2.05) is 0 Å². The van der Waals surface area contributed by atoms with Crippen LogP contribution in [0.2, 0.25) is 0 Å². The highest BCUT2D eigenvalue weighted by molar-refractivity contribution is 7.14. The number of aromatic nitrogens is 1. The lowest BCUT2D eigenvalue weighted by Crippen LogP contribution is -2.14. The molecule has 0 fully saturated rings. The standard InChI is InChI=1S/C11H16N2O4S/c1-3-16-10(14)9(12)6-8-7-13-11(18-8)17-5-4-15-2/h6-7H,3-5,12H2,1-2H3/b9-6-. The van der Waals surface area contributed by atoms with Crippen LogP contribution in [0.15, 0.2) is 11.9 Å². The second-order valence-electron chi connectivity index (χ2n) is 3.19. The van der Waals surface area contributed by atoms with Gasteiger partial charge >= 0.3 is 5.97 Å². The van der Waals surface area contributed by atoms with Crippen molar-refractivity contribution < 1.29 is 19.0 Å². The van der Waals surface area contributed by atoms with E-state index in [1.165, 1.54) is 17.4 Å². The molecular weight excluding hydrogens is 256 g/mol. The van der Waals surface area contributed by atoms with Gasteiger partial charge in [-0.25, -0.2) is 9.78 Å². The number of carbonyl (C=O) groups is 1. The smallest absolute Gasteiger partial charge is 0.354 e. The number of esters is 1. The van der Waals surface area contributed by atoms with Crippen molar-refractivity contribution in [1.82, 2.24) is 4.98 Å². The molecule has 0 aliphatic rings. The van der Waals surface area contributed by atoms with Crippen LogP contribution in [0, 0.1) is 0 Å². The molecule has 0 aromatic carbocycles. The van der Waals surface area contributed by atoms with E-state index >= 15 is 0 Å². The van der Waals surface area contributed by atoms with Gasteiger partial charge in [0.15, 0.2) is 0 Å². The van der Waals surface area contributed by atoms with Gasteiger partial charge in [0.05, 0.1) is 18.1 Å². The molecule has 18 heavy (non-hydrogen) atoms. The van der Waals surface area contributed by atoms with E-state index in [4.69, 9.17) is 19.9 Å². The maximum Gasteiger partial charge on any atom is 0.354 e. The largest absolute Gasteiger partial charge is 0.468 e. The van der Waals surface area contributed by atoms with Crippen LogP contribution in [0.4, 0.5) is 0 Å². The molecular formula is C11H16N2O4S. The minimum Gasteiger partial charge on any atom is -0.468 e. The van der Waals surface area contributed by atoms with Crippen molar-refractivity contribution >= 4 is 23.4 Å². The molecule has 0 atom stereocenters. The maximum absolute atomic E-state index is 11.3. The summed E-state index contributed by atoms with van der Waals surface area (Å²) >= 11 is 1.29. The van der Waals surface area contributed by atoms with Crippen LogP contribution >= 0.6 is 11.3 Å². The highest BCUT2D eigenvalue weighted by Gasteiger charge is 2.07. The third-order valence-corrected chi connectivity index (χ3v) is 2.68. The Hall–Kier alpha value is -1.60. The first kappa shape index (κ1) is 14.5. The lowest BCUT2D eigenvalue weighted by atomic mass is 10.4. The molecule has 2 N–H and O–H groups in total. The lowest BCUT2D eigenvalue weighted by Gasteiger charge is -2.00. The summed E-state index contributed by atoms with van der Waals surface area (Å²) < 4.78 is 14.9. The molecule has 0 unspecified atom stereocenters. The molecule has 6 nitrogen and oxygen atoms in total. The molecule has 0 bridgehead atoms. The number of methoxy groups -OCH3 is 1. The maximum atomic E-state index is 11.3. The fraction of sp³-hybridized carbons (Fsp3) is 0.455. The second kappa shape index (κ2) is 7.67. The van der Waals surface area contributed by atoms with Crippen LogP contribution in [0.3, 0.4) is 0 Å². The van der Waals surface area contributed by atoms with Crippen LogP contribution in [0.25, 0.3) is 6.08 Å². The predicted octanol–water partition coefficient (Wildman–Crippen LogP) is 1.03. The molecule has 0 saturated heterocycles. The Morgan fingerprint density at radius 2 is 2.33 bits per heavy atom. The zero-order chi connectivity index (χ0) is 13.4. The van der Waals surface area contributed by atoms with Crippen molar-refractivity contribution in [2.45, 2.75) is 6.92 Å². The van der Waals surface area contributed by atoms with Gasteiger partial charge in [-0.05, 0) is 13.0 Å². The summed E-state index contributed by atoms with van der Waals surface area (Å²) in [6.45, 7) is 2.94. The van der Waals surface area contributed by atoms with Crippen molar-refractivity contribution in [3.05, 3.63) is 16.8 Å². The van der Waals surface area contributed by atoms with Crippen molar-refractivity contribution in [1.29, 1.82) is 0 Å². The second-order valence-corrected chi connectivity index (χ2v) is 4.21. The van der Waals surface area contributed by atoms with Crippen molar-refractivity contribution in [2.75, 3.05) is 26.9 Å². The monoisotopic (exact) mass is 272 g/mol. The molecule has 100 valence electrons. The van der Waals surface area contributed by atoms with Crippen LogP contribution < -0.4 is 10.5 Å². The first-order valence-electron chi connectivity index (χ1n) is 5.39. The Morgan fingerprint density at radius 1 is 1.56 bits per heavy atom. The average Bonchev–Trinajstić information content (AvgIpc) is 2.77. The molecule has 0 radical (unpaired) electrons. The third-order valence-electron chi connectivity index (χ3n) is 1.82. The average molecular weight is 272 g/mol. The highest BCUT2D eigenvalue weighted by atomic mass is 32.1.